The van der Waals surface area contributed by atoms with E-state index in [1.165, 1.54) is 0 Å². The highest BCUT2D eigenvalue weighted by molar-refractivity contribution is 7.10. The number of morpholine rings is 1. The highest BCUT2D eigenvalue weighted by Crippen LogP contribution is 2.25. The van der Waals surface area contributed by atoms with Gasteiger partial charge in [0.1, 0.15) is 5.75 Å². The highest BCUT2D eigenvalue weighted by Gasteiger charge is 2.25. The van der Waals surface area contributed by atoms with Crippen LogP contribution in [0.4, 0.5) is 5.69 Å². The summed E-state index contributed by atoms with van der Waals surface area (Å²) >= 11 is 1.64. The van der Waals surface area contributed by atoms with Crippen molar-refractivity contribution in [3.05, 3.63) is 46.7 Å². The molecule has 1 saturated heterocycles. The molecule has 1 aromatic heterocycles. The summed E-state index contributed by atoms with van der Waals surface area (Å²) in [7, 11) is 1.57. The van der Waals surface area contributed by atoms with Gasteiger partial charge in [-0.1, -0.05) is 6.07 Å². The van der Waals surface area contributed by atoms with E-state index in [4.69, 9.17) is 9.47 Å². The number of benzene rings is 1. The number of methoxy groups -OCH3 is 1. The topological polar surface area (TPSA) is 79.9 Å². The molecular formula is C19H23N3O4S. The maximum absolute atomic E-state index is 12.2. The average Bonchev–Trinajstić information content (AvgIpc) is 3.24. The smallest absolute Gasteiger partial charge is 0.313 e. The van der Waals surface area contributed by atoms with Crippen LogP contribution >= 0.6 is 11.3 Å². The molecule has 1 fully saturated rings. The SMILES string of the molecule is COc1ccc(NC(=O)C(=O)NC[C@@H](c2cccs2)N2CCOCC2)cc1. The summed E-state index contributed by atoms with van der Waals surface area (Å²) in [6.45, 7) is 3.32. The standard InChI is InChI=1S/C19H23N3O4S/c1-25-15-6-4-14(5-7-15)21-19(24)18(23)20-13-16(17-3-2-12-27-17)22-8-10-26-11-9-22/h2-7,12,16H,8-11,13H2,1H3,(H,20,23)(H,21,24)/t16-/m0/s1. The second-order valence-corrected chi connectivity index (χ2v) is 7.05. The number of hydrogen-bond acceptors (Lipinski definition) is 6. The van der Waals surface area contributed by atoms with Crippen LogP contribution in [0.1, 0.15) is 10.9 Å². The number of anilines is 1. The molecule has 2 heterocycles. The third-order valence-electron chi connectivity index (χ3n) is 4.37. The van der Waals surface area contributed by atoms with Gasteiger partial charge in [-0.25, -0.2) is 0 Å². The first-order valence-electron chi connectivity index (χ1n) is 8.76. The van der Waals surface area contributed by atoms with Crippen LogP contribution in [0, 0.1) is 0 Å². The van der Waals surface area contributed by atoms with Crippen LogP contribution < -0.4 is 15.4 Å². The average molecular weight is 389 g/mol. The molecule has 2 amide bonds. The Hall–Kier alpha value is -2.42. The number of rotatable bonds is 6. The van der Waals surface area contributed by atoms with Crippen molar-refractivity contribution in [2.75, 3.05) is 45.3 Å². The summed E-state index contributed by atoms with van der Waals surface area (Å²) in [5.74, 6) is -0.658. The van der Waals surface area contributed by atoms with Crippen LogP contribution in [0.5, 0.6) is 5.75 Å². The van der Waals surface area contributed by atoms with E-state index in [9.17, 15) is 9.59 Å². The van der Waals surface area contributed by atoms with Gasteiger partial charge in [0.2, 0.25) is 0 Å². The molecule has 0 unspecified atom stereocenters. The van der Waals surface area contributed by atoms with Crippen LogP contribution in [0.25, 0.3) is 0 Å². The lowest BCUT2D eigenvalue weighted by molar-refractivity contribution is -0.136. The zero-order valence-electron chi connectivity index (χ0n) is 15.1. The van der Waals surface area contributed by atoms with Crippen molar-refractivity contribution in [3.63, 3.8) is 0 Å². The molecular weight excluding hydrogens is 366 g/mol. The Morgan fingerprint density at radius 1 is 1.19 bits per heavy atom. The third kappa shape index (κ3) is 5.29. The van der Waals surface area contributed by atoms with Crippen LogP contribution in [-0.2, 0) is 14.3 Å². The molecule has 7 nitrogen and oxygen atoms in total. The Kier molecular flexibility index (Phi) is 6.80. The summed E-state index contributed by atoms with van der Waals surface area (Å²) in [5.41, 5.74) is 0.541. The molecule has 0 aliphatic carbocycles. The van der Waals surface area contributed by atoms with Crippen molar-refractivity contribution in [3.8, 4) is 5.75 Å². The fourth-order valence-corrected chi connectivity index (χ4v) is 3.77. The van der Waals surface area contributed by atoms with E-state index in [-0.39, 0.29) is 6.04 Å². The second-order valence-electron chi connectivity index (χ2n) is 6.07. The number of hydrogen-bond donors (Lipinski definition) is 2. The monoisotopic (exact) mass is 389 g/mol. The van der Waals surface area contributed by atoms with Gasteiger partial charge in [0.15, 0.2) is 0 Å². The Balaban J connectivity index is 1.57. The minimum atomic E-state index is -0.688. The van der Waals surface area contributed by atoms with Gasteiger partial charge in [-0.05, 0) is 35.7 Å². The van der Waals surface area contributed by atoms with E-state index in [0.29, 0.717) is 31.2 Å². The first-order chi connectivity index (χ1) is 13.2. The number of carbonyl (C=O) groups is 2. The number of carbonyl (C=O) groups excluding carboxylic acids is 2. The van der Waals surface area contributed by atoms with Crippen molar-refractivity contribution in [1.29, 1.82) is 0 Å². The zero-order valence-corrected chi connectivity index (χ0v) is 16.0. The molecule has 2 aromatic rings. The van der Waals surface area contributed by atoms with Crippen LogP contribution in [0.3, 0.4) is 0 Å². The first kappa shape index (κ1) is 19.3. The summed E-state index contributed by atoms with van der Waals surface area (Å²) < 4.78 is 10.5. The highest BCUT2D eigenvalue weighted by atomic mass is 32.1. The Bertz CT molecular complexity index is 743. The summed E-state index contributed by atoms with van der Waals surface area (Å²) in [6.07, 6.45) is 0. The molecule has 0 spiro atoms. The summed E-state index contributed by atoms with van der Waals surface area (Å²) in [4.78, 5) is 27.8. The molecule has 8 heteroatoms. The van der Waals surface area contributed by atoms with E-state index in [0.717, 1.165) is 18.0 Å². The molecule has 0 bridgehead atoms. The predicted octanol–water partition coefficient (Wildman–Crippen LogP) is 1.88. The molecule has 0 saturated carbocycles. The number of ether oxygens (including phenoxy) is 2. The molecule has 0 radical (unpaired) electrons. The van der Waals surface area contributed by atoms with E-state index < -0.39 is 11.8 Å². The molecule has 1 atom stereocenters. The quantitative estimate of drug-likeness (QED) is 0.738. The van der Waals surface area contributed by atoms with Gasteiger partial charge in [0.05, 0.1) is 26.4 Å². The minimum absolute atomic E-state index is 0.0339. The van der Waals surface area contributed by atoms with Crippen LogP contribution in [-0.4, -0.2) is 56.7 Å². The lowest BCUT2D eigenvalue weighted by Crippen LogP contribution is -2.45. The van der Waals surface area contributed by atoms with Crippen molar-refractivity contribution in [1.82, 2.24) is 10.2 Å². The molecule has 2 N–H and O–H groups in total. The van der Waals surface area contributed by atoms with Crippen molar-refractivity contribution >= 4 is 28.8 Å². The molecule has 1 aliphatic rings. The Morgan fingerprint density at radius 2 is 1.93 bits per heavy atom. The minimum Gasteiger partial charge on any atom is -0.497 e. The number of amides is 2. The van der Waals surface area contributed by atoms with Crippen molar-refractivity contribution in [2.45, 2.75) is 6.04 Å². The summed E-state index contributed by atoms with van der Waals surface area (Å²) in [5, 5.41) is 7.37. The van der Waals surface area contributed by atoms with E-state index in [2.05, 4.69) is 15.5 Å². The van der Waals surface area contributed by atoms with Gasteiger partial charge < -0.3 is 20.1 Å². The van der Waals surface area contributed by atoms with Crippen LogP contribution in [0.2, 0.25) is 0 Å². The maximum atomic E-state index is 12.2. The van der Waals surface area contributed by atoms with Crippen molar-refractivity contribution < 1.29 is 19.1 Å². The van der Waals surface area contributed by atoms with Crippen LogP contribution in [0.15, 0.2) is 41.8 Å². The largest absolute Gasteiger partial charge is 0.497 e. The Labute approximate surface area is 162 Å². The molecule has 1 aromatic carbocycles. The zero-order chi connectivity index (χ0) is 19.1. The number of nitrogens with one attached hydrogen (secondary N) is 2. The van der Waals surface area contributed by atoms with Gasteiger partial charge in [-0.15, -0.1) is 11.3 Å². The third-order valence-corrected chi connectivity index (χ3v) is 5.34. The molecule has 27 heavy (non-hydrogen) atoms. The number of nitrogens with zero attached hydrogens (tertiary/aromatic N) is 1. The normalized spacial score (nSPS) is 15.7. The molecule has 3 rings (SSSR count). The van der Waals surface area contributed by atoms with Gasteiger partial charge in [-0.2, -0.15) is 0 Å². The van der Waals surface area contributed by atoms with E-state index in [1.807, 2.05) is 17.5 Å². The number of thiophene rings is 1. The Morgan fingerprint density at radius 3 is 2.56 bits per heavy atom. The molecule has 144 valence electrons. The predicted molar refractivity (Wildman–Crippen MR) is 104 cm³/mol. The van der Waals surface area contributed by atoms with Gasteiger partial charge in [-0.3, -0.25) is 14.5 Å². The lowest BCUT2D eigenvalue weighted by Gasteiger charge is -2.34. The van der Waals surface area contributed by atoms with Gasteiger partial charge in [0, 0.05) is 30.2 Å². The fraction of sp³-hybridized carbons (Fsp3) is 0.368. The summed E-state index contributed by atoms with van der Waals surface area (Å²) in [6, 6.07) is 10.9. The van der Waals surface area contributed by atoms with E-state index >= 15 is 0 Å². The second kappa shape index (κ2) is 9.50. The fourth-order valence-electron chi connectivity index (χ4n) is 2.91. The lowest BCUT2D eigenvalue weighted by atomic mass is 10.2. The molecule has 1 aliphatic heterocycles. The maximum Gasteiger partial charge on any atom is 0.313 e. The first-order valence-corrected chi connectivity index (χ1v) is 9.64. The van der Waals surface area contributed by atoms with Crippen molar-refractivity contribution in [2.24, 2.45) is 0 Å². The van der Waals surface area contributed by atoms with Gasteiger partial charge >= 0.3 is 11.8 Å². The van der Waals surface area contributed by atoms with Gasteiger partial charge in [0.25, 0.3) is 0 Å². The van der Waals surface area contributed by atoms with E-state index in [1.54, 1.807) is 42.7 Å².